The molecule has 1 aliphatic carbocycles. The fourth-order valence-electron chi connectivity index (χ4n) is 3.22. The van der Waals surface area contributed by atoms with E-state index in [2.05, 4.69) is 13.8 Å². The molecule has 1 fully saturated rings. The van der Waals surface area contributed by atoms with E-state index in [1.165, 1.54) is 77.0 Å². The highest BCUT2D eigenvalue weighted by atomic mass is 14.8. The Morgan fingerprint density at radius 3 is 2.29 bits per heavy atom. The third-order valence-electron chi connectivity index (χ3n) is 4.76. The molecule has 0 radical (unpaired) electrons. The molecule has 0 aromatic heterocycles. The second kappa shape index (κ2) is 8.13. The molecule has 1 nitrogen and oxygen atoms in total. The smallest absolute Gasteiger partial charge is 0.0180 e. The molecule has 0 aliphatic heterocycles. The van der Waals surface area contributed by atoms with Gasteiger partial charge in [0.15, 0.2) is 0 Å². The lowest BCUT2D eigenvalue weighted by Gasteiger charge is -2.39. The van der Waals surface area contributed by atoms with Crippen molar-refractivity contribution >= 4 is 0 Å². The summed E-state index contributed by atoms with van der Waals surface area (Å²) >= 11 is 0. The summed E-state index contributed by atoms with van der Waals surface area (Å²) in [5, 5.41) is 0. The van der Waals surface area contributed by atoms with Gasteiger partial charge in [0.25, 0.3) is 0 Å². The zero-order valence-corrected chi connectivity index (χ0v) is 12.1. The standard InChI is InChI=1S/C16H33N/c1-3-4-5-6-7-8-10-13-16(17)14-11-9-12-15(16)2/h15H,3-14,17H2,1-2H3. The van der Waals surface area contributed by atoms with E-state index in [-0.39, 0.29) is 5.54 Å². The van der Waals surface area contributed by atoms with Crippen LogP contribution in [0.1, 0.15) is 90.9 Å². The van der Waals surface area contributed by atoms with Crippen LogP contribution in [-0.4, -0.2) is 5.54 Å². The molecule has 0 heterocycles. The van der Waals surface area contributed by atoms with Crippen molar-refractivity contribution in [1.82, 2.24) is 0 Å². The van der Waals surface area contributed by atoms with E-state index in [9.17, 15) is 0 Å². The van der Waals surface area contributed by atoms with E-state index in [4.69, 9.17) is 5.73 Å². The van der Waals surface area contributed by atoms with Gasteiger partial charge in [0.2, 0.25) is 0 Å². The molecule has 0 amide bonds. The summed E-state index contributed by atoms with van der Waals surface area (Å²) in [6.45, 7) is 4.64. The van der Waals surface area contributed by atoms with E-state index in [0.717, 1.165) is 5.92 Å². The van der Waals surface area contributed by atoms with Crippen LogP contribution in [0.25, 0.3) is 0 Å². The highest BCUT2D eigenvalue weighted by molar-refractivity contribution is 4.91. The van der Waals surface area contributed by atoms with Gasteiger partial charge in [0.1, 0.15) is 0 Å². The van der Waals surface area contributed by atoms with Crippen LogP contribution in [0, 0.1) is 5.92 Å². The van der Waals surface area contributed by atoms with Gasteiger partial charge in [-0.25, -0.2) is 0 Å². The first-order valence-electron chi connectivity index (χ1n) is 7.98. The molecule has 2 N–H and O–H groups in total. The molecule has 1 heteroatoms. The maximum absolute atomic E-state index is 6.57. The molecule has 1 aliphatic rings. The fourth-order valence-corrected chi connectivity index (χ4v) is 3.22. The van der Waals surface area contributed by atoms with Crippen LogP contribution in [0.2, 0.25) is 0 Å². The highest BCUT2D eigenvalue weighted by Gasteiger charge is 2.33. The zero-order chi connectivity index (χ0) is 12.6. The van der Waals surface area contributed by atoms with Crippen LogP contribution >= 0.6 is 0 Å². The molecule has 0 aromatic carbocycles. The first kappa shape index (κ1) is 15.0. The molecule has 0 saturated heterocycles. The minimum absolute atomic E-state index is 0.182. The Bertz CT molecular complexity index is 190. The summed E-state index contributed by atoms with van der Waals surface area (Å²) in [7, 11) is 0. The van der Waals surface area contributed by atoms with Crippen molar-refractivity contribution in [3.63, 3.8) is 0 Å². The summed E-state index contributed by atoms with van der Waals surface area (Å²) in [5.74, 6) is 0.747. The second-order valence-corrected chi connectivity index (χ2v) is 6.25. The second-order valence-electron chi connectivity index (χ2n) is 6.25. The lowest BCUT2D eigenvalue weighted by molar-refractivity contribution is 0.187. The van der Waals surface area contributed by atoms with E-state index >= 15 is 0 Å². The van der Waals surface area contributed by atoms with Crippen molar-refractivity contribution in [1.29, 1.82) is 0 Å². The third-order valence-corrected chi connectivity index (χ3v) is 4.76. The van der Waals surface area contributed by atoms with Crippen LogP contribution in [0.15, 0.2) is 0 Å². The lowest BCUT2D eigenvalue weighted by Crippen LogP contribution is -2.47. The van der Waals surface area contributed by atoms with Gasteiger partial charge in [0.05, 0.1) is 0 Å². The molecule has 1 rings (SSSR count). The monoisotopic (exact) mass is 239 g/mol. The topological polar surface area (TPSA) is 26.0 Å². The van der Waals surface area contributed by atoms with Gasteiger partial charge in [0, 0.05) is 5.54 Å². The molecule has 0 spiro atoms. The van der Waals surface area contributed by atoms with Crippen molar-refractivity contribution in [2.24, 2.45) is 11.7 Å². The van der Waals surface area contributed by atoms with Gasteiger partial charge in [-0.3, -0.25) is 0 Å². The maximum atomic E-state index is 6.57. The minimum Gasteiger partial charge on any atom is -0.325 e. The largest absolute Gasteiger partial charge is 0.325 e. The average molecular weight is 239 g/mol. The molecule has 1 saturated carbocycles. The van der Waals surface area contributed by atoms with Crippen LogP contribution in [-0.2, 0) is 0 Å². The zero-order valence-electron chi connectivity index (χ0n) is 12.1. The van der Waals surface area contributed by atoms with Crippen molar-refractivity contribution < 1.29 is 0 Å². The van der Waals surface area contributed by atoms with Crippen molar-refractivity contribution in [2.75, 3.05) is 0 Å². The maximum Gasteiger partial charge on any atom is 0.0180 e. The third kappa shape index (κ3) is 5.42. The van der Waals surface area contributed by atoms with Gasteiger partial charge in [-0.2, -0.15) is 0 Å². The first-order valence-corrected chi connectivity index (χ1v) is 7.98. The van der Waals surface area contributed by atoms with Gasteiger partial charge in [-0.1, -0.05) is 71.6 Å². The first-order chi connectivity index (χ1) is 8.19. The van der Waals surface area contributed by atoms with Crippen LogP contribution in [0.4, 0.5) is 0 Å². The minimum atomic E-state index is 0.182. The van der Waals surface area contributed by atoms with Gasteiger partial charge >= 0.3 is 0 Å². The summed E-state index contributed by atoms with van der Waals surface area (Å²) < 4.78 is 0. The predicted octanol–water partition coefficient (Wildman–Crippen LogP) is 5.03. The van der Waals surface area contributed by atoms with E-state index in [1.54, 1.807) is 0 Å². The normalized spacial score (nSPS) is 29.5. The number of nitrogens with two attached hydrogens (primary N) is 1. The lowest BCUT2D eigenvalue weighted by atomic mass is 9.71. The highest BCUT2D eigenvalue weighted by Crippen LogP contribution is 2.35. The number of hydrogen-bond acceptors (Lipinski definition) is 1. The van der Waals surface area contributed by atoms with Crippen LogP contribution < -0.4 is 5.73 Å². The van der Waals surface area contributed by atoms with Gasteiger partial charge in [-0.05, 0) is 25.2 Å². The summed E-state index contributed by atoms with van der Waals surface area (Å²) in [5.41, 5.74) is 6.75. The Kier molecular flexibility index (Phi) is 7.18. The average Bonchev–Trinajstić information content (AvgIpc) is 2.32. The Balaban J connectivity index is 2.04. The molecule has 0 bridgehead atoms. The summed E-state index contributed by atoms with van der Waals surface area (Å²) in [6.07, 6.45) is 16.4. The molecule has 2 unspecified atom stereocenters. The van der Waals surface area contributed by atoms with E-state index in [0.29, 0.717) is 0 Å². The Morgan fingerprint density at radius 1 is 1.00 bits per heavy atom. The Morgan fingerprint density at radius 2 is 1.65 bits per heavy atom. The summed E-state index contributed by atoms with van der Waals surface area (Å²) in [6, 6.07) is 0. The Hall–Kier alpha value is -0.0400. The number of hydrogen-bond donors (Lipinski definition) is 1. The molecule has 102 valence electrons. The van der Waals surface area contributed by atoms with Crippen molar-refractivity contribution in [3.8, 4) is 0 Å². The molecule has 17 heavy (non-hydrogen) atoms. The van der Waals surface area contributed by atoms with Crippen LogP contribution in [0.5, 0.6) is 0 Å². The summed E-state index contributed by atoms with van der Waals surface area (Å²) in [4.78, 5) is 0. The molecular formula is C16H33N. The number of rotatable bonds is 8. The SMILES string of the molecule is CCCCCCCCCC1(N)CCCCC1C. The van der Waals surface area contributed by atoms with Crippen molar-refractivity contribution in [3.05, 3.63) is 0 Å². The van der Waals surface area contributed by atoms with Gasteiger partial charge in [-0.15, -0.1) is 0 Å². The Labute approximate surface area is 109 Å². The van der Waals surface area contributed by atoms with Crippen molar-refractivity contribution in [2.45, 2.75) is 96.4 Å². The number of unbranched alkanes of at least 4 members (excludes halogenated alkanes) is 6. The molecule has 0 aromatic rings. The van der Waals surface area contributed by atoms with E-state index < -0.39 is 0 Å². The fraction of sp³-hybridized carbons (Fsp3) is 1.00. The van der Waals surface area contributed by atoms with Crippen LogP contribution in [0.3, 0.4) is 0 Å². The molecule has 2 atom stereocenters. The quantitative estimate of drug-likeness (QED) is 0.590. The molecular weight excluding hydrogens is 206 g/mol. The predicted molar refractivity (Wildman–Crippen MR) is 77.2 cm³/mol. The van der Waals surface area contributed by atoms with Gasteiger partial charge < -0.3 is 5.73 Å². The van der Waals surface area contributed by atoms with E-state index in [1.807, 2.05) is 0 Å².